The van der Waals surface area contributed by atoms with Gasteiger partial charge in [0.25, 0.3) is 0 Å². The maximum absolute atomic E-state index is 9.93. The summed E-state index contributed by atoms with van der Waals surface area (Å²) >= 11 is 3.30. The average Bonchev–Trinajstić information content (AvgIpc) is 2.32. The molecule has 0 bridgehead atoms. The molecule has 3 aromatic rings. The van der Waals surface area contributed by atoms with Gasteiger partial charge in [0.2, 0.25) is 0 Å². The molecule has 1 aromatic heterocycles. The quantitative estimate of drug-likeness (QED) is 0.631. The Morgan fingerprint density at radius 3 is 2.69 bits per heavy atom. The fourth-order valence-electron chi connectivity index (χ4n) is 1.81. The topological polar surface area (TPSA) is 33.1 Å². The summed E-state index contributed by atoms with van der Waals surface area (Å²) in [5.74, 6) is 0.246. The summed E-state index contributed by atoms with van der Waals surface area (Å²) in [6.45, 7) is 0. The molecule has 0 radical (unpaired) electrons. The van der Waals surface area contributed by atoms with Crippen molar-refractivity contribution < 1.29 is 5.11 Å². The summed E-state index contributed by atoms with van der Waals surface area (Å²) in [5.41, 5.74) is 1.75. The number of rotatable bonds is 0. The van der Waals surface area contributed by atoms with Gasteiger partial charge in [-0.1, -0.05) is 18.2 Å². The molecule has 3 rings (SSSR count). The molecule has 0 unspecified atom stereocenters. The standard InChI is InChI=1S/C13H8BrNO/c14-10-5-6-12-9(13(10)16)7-8-3-1-2-4-11(8)15-12/h1-7,16H. The zero-order chi connectivity index (χ0) is 11.1. The number of nitrogens with zero attached hydrogens (tertiary/aromatic N) is 1. The Labute approximate surface area is 101 Å². The van der Waals surface area contributed by atoms with Crippen molar-refractivity contribution in [3.05, 3.63) is 46.9 Å². The van der Waals surface area contributed by atoms with Gasteiger partial charge in [-0.15, -0.1) is 0 Å². The van der Waals surface area contributed by atoms with Crippen molar-refractivity contribution in [2.75, 3.05) is 0 Å². The van der Waals surface area contributed by atoms with Crippen molar-refractivity contribution in [2.45, 2.75) is 0 Å². The number of benzene rings is 2. The third kappa shape index (κ3) is 1.36. The fraction of sp³-hybridized carbons (Fsp3) is 0. The Balaban J connectivity index is 2.51. The number of pyridine rings is 1. The molecule has 0 aliphatic heterocycles. The summed E-state index contributed by atoms with van der Waals surface area (Å²) in [7, 11) is 0. The van der Waals surface area contributed by atoms with Crippen LogP contribution in [-0.2, 0) is 0 Å². The van der Waals surface area contributed by atoms with Gasteiger partial charge >= 0.3 is 0 Å². The largest absolute Gasteiger partial charge is 0.506 e. The molecule has 0 amide bonds. The number of phenolic OH excluding ortho intramolecular Hbond substituents is 1. The molecule has 0 aliphatic rings. The van der Waals surface area contributed by atoms with Crippen LogP contribution in [0.3, 0.4) is 0 Å². The van der Waals surface area contributed by atoms with Crippen LogP contribution in [0.2, 0.25) is 0 Å². The second kappa shape index (κ2) is 3.46. The summed E-state index contributed by atoms with van der Waals surface area (Å²) in [4.78, 5) is 4.50. The van der Waals surface area contributed by atoms with Crippen LogP contribution in [0.25, 0.3) is 21.8 Å². The highest BCUT2D eigenvalue weighted by Gasteiger charge is 2.06. The van der Waals surface area contributed by atoms with Crippen LogP contribution in [0, 0.1) is 0 Å². The zero-order valence-corrected chi connectivity index (χ0v) is 9.90. The van der Waals surface area contributed by atoms with Crippen molar-refractivity contribution in [3.63, 3.8) is 0 Å². The number of aromatic hydroxyl groups is 1. The molecular formula is C13H8BrNO. The number of para-hydroxylation sites is 1. The third-order valence-corrected chi connectivity index (χ3v) is 3.26. The fourth-order valence-corrected chi connectivity index (χ4v) is 2.15. The van der Waals surface area contributed by atoms with E-state index >= 15 is 0 Å². The molecular weight excluding hydrogens is 266 g/mol. The molecule has 0 spiro atoms. The molecule has 0 aliphatic carbocycles. The van der Waals surface area contributed by atoms with Gasteiger partial charge in [-0.05, 0) is 40.2 Å². The van der Waals surface area contributed by atoms with Gasteiger partial charge < -0.3 is 5.11 Å². The minimum absolute atomic E-state index is 0.246. The van der Waals surface area contributed by atoms with Crippen molar-refractivity contribution in [1.29, 1.82) is 0 Å². The summed E-state index contributed by atoms with van der Waals surface area (Å²) in [5, 5.41) is 11.7. The normalized spacial score (nSPS) is 11.1. The van der Waals surface area contributed by atoms with E-state index in [2.05, 4.69) is 20.9 Å². The van der Waals surface area contributed by atoms with E-state index in [4.69, 9.17) is 0 Å². The van der Waals surface area contributed by atoms with E-state index in [9.17, 15) is 5.11 Å². The van der Waals surface area contributed by atoms with Gasteiger partial charge in [0.15, 0.2) is 0 Å². The molecule has 0 atom stereocenters. The SMILES string of the molecule is Oc1c(Br)ccc2nc3ccccc3cc12. The van der Waals surface area contributed by atoms with E-state index in [0.717, 1.165) is 21.8 Å². The van der Waals surface area contributed by atoms with E-state index in [1.807, 2.05) is 36.4 Å². The lowest BCUT2D eigenvalue weighted by Crippen LogP contribution is -1.83. The first-order chi connectivity index (χ1) is 7.75. The first kappa shape index (κ1) is 9.60. The predicted molar refractivity (Wildman–Crippen MR) is 68.6 cm³/mol. The molecule has 2 aromatic carbocycles. The number of hydrogen-bond acceptors (Lipinski definition) is 2. The summed E-state index contributed by atoms with van der Waals surface area (Å²) < 4.78 is 0.692. The average molecular weight is 274 g/mol. The molecule has 16 heavy (non-hydrogen) atoms. The van der Waals surface area contributed by atoms with Crippen LogP contribution in [-0.4, -0.2) is 10.1 Å². The number of phenols is 1. The Morgan fingerprint density at radius 1 is 1.00 bits per heavy atom. The van der Waals surface area contributed by atoms with E-state index in [1.165, 1.54) is 0 Å². The van der Waals surface area contributed by atoms with Crippen LogP contribution in [0.4, 0.5) is 0 Å². The van der Waals surface area contributed by atoms with Crippen molar-refractivity contribution in [2.24, 2.45) is 0 Å². The first-order valence-electron chi connectivity index (χ1n) is 4.93. The second-order valence-corrected chi connectivity index (χ2v) is 4.50. The smallest absolute Gasteiger partial charge is 0.139 e. The van der Waals surface area contributed by atoms with Gasteiger partial charge in [-0.3, -0.25) is 0 Å². The second-order valence-electron chi connectivity index (χ2n) is 3.64. The number of fused-ring (bicyclic) bond motifs is 2. The molecule has 3 heteroatoms. The lowest BCUT2D eigenvalue weighted by molar-refractivity contribution is 0.478. The first-order valence-corrected chi connectivity index (χ1v) is 5.72. The van der Waals surface area contributed by atoms with Crippen LogP contribution >= 0.6 is 15.9 Å². The number of aromatic nitrogens is 1. The molecule has 0 fully saturated rings. The Hall–Kier alpha value is -1.61. The summed E-state index contributed by atoms with van der Waals surface area (Å²) in [6, 6.07) is 13.5. The van der Waals surface area contributed by atoms with Crippen LogP contribution in [0.5, 0.6) is 5.75 Å². The van der Waals surface area contributed by atoms with Crippen molar-refractivity contribution in [3.8, 4) is 5.75 Å². The predicted octanol–water partition coefficient (Wildman–Crippen LogP) is 3.86. The summed E-state index contributed by atoms with van der Waals surface area (Å²) in [6.07, 6.45) is 0. The van der Waals surface area contributed by atoms with Crippen LogP contribution in [0.1, 0.15) is 0 Å². The Morgan fingerprint density at radius 2 is 1.81 bits per heavy atom. The molecule has 78 valence electrons. The maximum Gasteiger partial charge on any atom is 0.139 e. The van der Waals surface area contributed by atoms with Crippen LogP contribution < -0.4 is 0 Å². The molecule has 0 saturated carbocycles. The molecule has 1 heterocycles. The molecule has 2 nitrogen and oxygen atoms in total. The van der Waals surface area contributed by atoms with E-state index < -0.39 is 0 Å². The maximum atomic E-state index is 9.93. The van der Waals surface area contributed by atoms with E-state index in [1.54, 1.807) is 6.07 Å². The monoisotopic (exact) mass is 273 g/mol. The van der Waals surface area contributed by atoms with E-state index in [0.29, 0.717) is 4.47 Å². The Kier molecular flexibility index (Phi) is 2.07. The Bertz CT molecular complexity index is 694. The highest BCUT2D eigenvalue weighted by Crippen LogP contribution is 2.33. The zero-order valence-electron chi connectivity index (χ0n) is 8.31. The number of halogens is 1. The van der Waals surface area contributed by atoms with Crippen molar-refractivity contribution >= 4 is 37.7 Å². The van der Waals surface area contributed by atoms with Gasteiger partial charge in [0.05, 0.1) is 15.5 Å². The lowest BCUT2D eigenvalue weighted by atomic mass is 10.1. The number of hydrogen-bond donors (Lipinski definition) is 1. The van der Waals surface area contributed by atoms with Gasteiger partial charge in [0.1, 0.15) is 5.75 Å². The molecule has 1 N–H and O–H groups in total. The molecule has 0 saturated heterocycles. The van der Waals surface area contributed by atoms with Gasteiger partial charge in [-0.25, -0.2) is 4.98 Å². The van der Waals surface area contributed by atoms with E-state index in [-0.39, 0.29) is 5.75 Å². The minimum Gasteiger partial charge on any atom is -0.506 e. The highest BCUT2D eigenvalue weighted by atomic mass is 79.9. The van der Waals surface area contributed by atoms with Crippen LogP contribution in [0.15, 0.2) is 46.9 Å². The van der Waals surface area contributed by atoms with Gasteiger partial charge in [0, 0.05) is 10.8 Å². The lowest BCUT2D eigenvalue weighted by Gasteiger charge is -2.04. The van der Waals surface area contributed by atoms with Crippen molar-refractivity contribution in [1.82, 2.24) is 4.98 Å². The van der Waals surface area contributed by atoms with Gasteiger partial charge in [-0.2, -0.15) is 0 Å². The minimum atomic E-state index is 0.246. The third-order valence-electron chi connectivity index (χ3n) is 2.62. The highest BCUT2D eigenvalue weighted by molar-refractivity contribution is 9.10.